The van der Waals surface area contributed by atoms with Crippen LogP contribution in [0, 0.1) is 5.92 Å². The Morgan fingerprint density at radius 3 is 2.50 bits per heavy atom. The third-order valence-corrected chi connectivity index (χ3v) is 5.12. The standard InChI is InChI=1S/C18H22N2O4/c19-16(22)13-8-4-7-12-14(21)10-18(17(20)23,24-15(12)13)9-11-5-2-1-3-6-11/h4,7-8,11H,1-3,5-6,9-10H2,(H2,19,22)(H2,20,23). The van der Waals surface area contributed by atoms with Crippen LogP contribution in [0.3, 0.4) is 0 Å². The van der Waals surface area contributed by atoms with E-state index in [1.54, 1.807) is 12.1 Å². The Morgan fingerprint density at radius 2 is 1.88 bits per heavy atom. The lowest BCUT2D eigenvalue weighted by Gasteiger charge is -2.39. The van der Waals surface area contributed by atoms with Gasteiger partial charge in [-0.3, -0.25) is 14.4 Å². The topological polar surface area (TPSA) is 112 Å². The van der Waals surface area contributed by atoms with E-state index in [2.05, 4.69) is 0 Å². The summed E-state index contributed by atoms with van der Waals surface area (Å²) in [5.74, 6) is -1.21. The molecule has 1 fully saturated rings. The third kappa shape index (κ3) is 2.88. The molecule has 2 amide bonds. The molecule has 128 valence electrons. The van der Waals surface area contributed by atoms with Gasteiger partial charge in [0.2, 0.25) is 0 Å². The van der Waals surface area contributed by atoms with Crippen LogP contribution in [0.25, 0.3) is 0 Å². The van der Waals surface area contributed by atoms with Crippen molar-refractivity contribution in [3.05, 3.63) is 29.3 Å². The molecule has 0 saturated heterocycles. The fraction of sp³-hybridized carbons (Fsp3) is 0.500. The van der Waals surface area contributed by atoms with Crippen LogP contribution in [0.2, 0.25) is 0 Å². The van der Waals surface area contributed by atoms with Crippen molar-refractivity contribution in [2.75, 3.05) is 0 Å². The van der Waals surface area contributed by atoms with E-state index in [9.17, 15) is 14.4 Å². The van der Waals surface area contributed by atoms with Crippen molar-refractivity contribution in [3.8, 4) is 5.75 Å². The van der Waals surface area contributed by atoms with Gasteiger partial charge in [0, 0.05) is 0 Å². The highest BCUT2D eigenvalue weighted by molar-refractivity contribution is 6.08. The minimum atomic E-state index is -1.39. The van der Waals surface area contributed by atoms with E-state index in [0.717, 1.165) is 25.7 Å². The van der Waals surface area contributed by atoms with Crippen molar-refractivity contribution in [1.82, 2.24) is 0 Å². The Hall–Kier alpha value is -2.37. The predicted molar refractivity (Wildman–Crippen MR) is 87.7 cm³/mol. The molecule has 0 aromatic heterocycles. The maximum atomic E-state index is 12.6. The minimum Gasteiger partial charge on any atom is -0.475 e. The van der Waals surface area contributed by atoms with E-state index in [4.69, 9.17) is 16.2 Å². The smallest absolute Gasteiger partial charge is 0.262 e. The van der Waals surface area contributed by atoms with E-state index < -0.39 is 17.4 Å². The summed E-state index contributed by atoms with van der Waals surface area (Å²) in [4.78, 5) is 36.5. The number of Topliss-reactive ketones (excluding diaryl/α,β-unsaturated/α-hetero) is 1. The first-order valence-electron chi connectivity index (χ1n) is 8.38. The van der Waals surface area contributed by atoms with E-state index in [0.29, 0.717) is 12.3 Å². The van der Waals surface area contributed by atoms with Gasteiger partial charge < -0.3 is 16.2 Å². The first kappa shape index (κ1) is 16.5. The summed E-state index contributed by atoms with van der Waals surface area (Å²) in [6, 6.07) is 4.65. The van der Waals surface area contributed by atoms with Gasteiger partial charge in [0.1, 0.15) is 5.75 Å². The molecule has 1 heterocycles. The summed E-state index contributed by atoms with van der Waals surface area (Å²) >= 11 is 0. The SMILES string of the molecule is NC(=O)c1cccc2c1OC(CC1CCCCC1)(C(N)=O)CC2=O. The Balaban J connectivity index is 1.99. The summed E-state index contributed by atoms with van der Waals surface area (Å²) in [6.45, 7) is 0. The number of benzene rings is 1. The molecule has 1 aromatic carbocycles. The Bertz CT molecular complexity index is 680. The number of ketones is 1. The number of rotatable bonds is 4. The zero-order valence-corrected chi connectivity index (χ0v) is 13.5. The lowest BCUT2D eigenvalue weighted by atomic mass is 9.76. The quantitative estimate of drug-likeness (QED) is 0.878. The zero-order valence-electron chi connectivity index (χ0n) is 13.5. The van der Waals surface area contributed by atoms with Crippen molar-refractivity contribution in [2.45, 2.75) is 50.5 Å². The molecule has 4 N–H and O–H groups in total. The molecule has 3 rings (SSSR count). The summed E-state index contributed by atoms with van der Waals surface area (Å²) in [6.07, 6.45) is 5.71. The average molecular weight is 330 g/mol. The first-order valence-corrected chi connectivity index (χ1v) is 8.38. The summed E-state index contributed by atoms with van der Waals surface area (Å²) in [5, 5.41) is 0. The lowest BCUT2D eigenvalue weighted by molar-refractivity contribution is -0.135. The highest BCUT2D eigenvalue weighted by Gasteiger charge is 2.48. The monoisotopic (exact) mass is 330 g/mol. The number of carbonyl (C=O) groups excluding carboxylic acids is 3. The van der Waals surface area contributed by atoms with Gasteiger partial charge in [0.05, 0.1) is 17.5 Å². The molecule has 0 radical (unpaired) electrons. The van der Waals surface area contributed by atoms with Crippen LogP contribution in [0.1, 0.15) is 65.7 Å². The maximum absolute atomic E-state index is 12.6. The van der Waals surface area contributed by atoms with Crippen molar-refractivity contribution in [3.63, 3.8) is 0 Å². The number of carbonyl (C=O) groups is 3. The van der Waals surface area contributed by atoms with Crippen LogP contribution >= 0.6 is 0 Å². The molecule has 0 spiro atoms. The summed E-state index contributed by atoms with van der Waals surface area (Å²) in [7, 11) is 0. The molecule has 1 aliphatic carbocycles. The van der Waals surface area contributed by atoms with Crippen molar-refractivity contribution in [1.29, 1.82) is 0 Å². The summed E-state index contributed by atoms with van der Waals surface area (Å²) < 4.78 is 5.95. The van der Waals surface area contributed by atoms with Crippen molar-refractivity contribution < 1.29 is 19.1 Å². The average Bonchev–Trinajstić information content (AvgIpc) is 2.55. The zero-order chi connectivity index (χ0) is 17.3. The molecule has 1 aliphatic heterocycles. The normalized spacial score (nSPS) is 24.1. The molecule has 1 atom stereocenters. The molecule has 6 heteroatoms. The second-order valence-corrected chi connectivity index (χ2v) is 6.82. The Kier molecular flexibility index (Phi) is 4.30. The van der Waals surface area contributed by atoms with Crippen LogP contribution in [0.15, 0.2) is 18.2 Å². The van der Waals surface area contributed by atoms with Gasteiger partial charge in [-0.15, -0.1) is 0 Å². The number of ether oxygens (including phenoxy) is 1. The molecule has 1 saturated carbocycles. The number of primary amides is 2. The number of fused-ring (bicyclic) bond motifs is 1. The van der Waals surface area contributed by atoms with Gasteiger partial charge in [0.15, 0.2) is 11.4 Å². The van der Waals surface area contributed by atoms with E-state index in [1.807, 2.05) is 0 Å². The van der Waals surface area contributed by atoms with Crippen LogP contribution < -0.4 is 16.2 Å². The first-order chi connectivity index (χ1) is 11.4. The minimum absolute atomic E-state index is 0.0892. The second kappa shape index (κ2) is 6.26. The lowest BCUT2D eigenvalue weighted by Crippen LogP contribution is -2.54. The van der Waals surface area contributed by atoms with Gasteiger partial charge in [-0.1, -0.05) is 38.2 Å². The highest BCUT2D eigenvalue weighted by Crippen LogP contribution is 2.41. The van der Waals surface area contributed by atoms with Gasteiger partial charge >= 0.3 is 0 Å². The van der Waals surface area contributed by atoms with Crippen LogP contribution in [0.4, 0.5) is 0 Å². The van der Waals surface area contributed by atoms with Gasteiger partial charge in [-0.25, -0.2) is 0 Å². The Labute approximate surface area is 140 Å². The number of hydrogen-bond acceptors (Lipinski definition) is 4. The fourth-order valence-corrected chi connectivity index (χ4v) is 3.86. The number of nitrogens with two attached hydrogens (primary N) is 2. The van der Waals surface area contributed by atoms with Gasteiger partial charge in [0.25, 0.3) is 11.8 Å². The van der Waals surface area contributed by atoms with Crippen LogP contribution in [0.5, 0.6) is 5.75 Å². The van der Waals surface area contributed by atoms with Crippen molar-refractivity contribution in [2.24, 2.45) is 17.4 Å². The largest absolute Gasteiger partial charge is 0.475 e. The third-order valence-electron chi connectivity index (χ3n) is 5.12. The Morgan fingerprint density at radius 1 is 1.17 bits per heavy atom. The second-order valence-electron chi connectivity index (χ2n) is 6.82. The molecule has 2 aliphatic rings. The van der Waals surface area contributed by atoms with Crippen LogP contribution in [-0.2, 0) is 4.79 Å². The van der Waals surface area contributed by atoms with Crippen molar-refractivity contribution >= 4 is 17.6 Å². The molecule has 6 nitrogen and oxygen atoms in total. The molecule has 1 aromatic rings. The van der Waals surface area contributed by atoms with Gasteiger partial charge in [-0.2, -0.15) is 0 Å². The predicted octanol–water partition coefficient (Wildman–Crippen LogP) is 1.95. The molecule has 1 unspecified atom stereocenters. The highest BCUT2D eigenvalue weighted by atomic mass is 16.5. The number of hydrogen-bond donors (Lipinski definition) is 2. The van der Waals surface area contributed by atoms with E-state index in [-0.39, 0.29) is 29.1 Å². The number of amides is 2. The van der Waals surface area contributed by atoms with Gasteiger partial charge in [-0.05, 0) is 24.5 Å². The fourth-order valence-electron chi connectivity index (χ4n) is 3.86. The van der Waals surface area contributed by atoms with E-state index >= 15 is 0 Å². The summed E-state index contributed by atoms with van der Waals surface area (Å²) in [5.41, 5.74) is 10.0. The maximum Gasteiger partial charge on any atom is 0.262 e. The molecular formula is C18H22N2O4. The number of para-hydroxylation sites is 1. The molecule has 24 heavy (non-hydrogen) atoms. The molecule has 0 bridgehead atoms. The van der Waals surface area contributed by atoms with Crippen LogP contribution in [-0.4, -0.2) is 23.2 Å². The molecular weight excluding hydrogens is 308 g/mol. The van der Waals surface area contributed by atoms with E-state index in [1.165, 1.54) is 12.5 Å².